The summed E-state index contributed by atoms with van der Waals surface area (Å²) in [5.74, 6) is 0. The van der Waals surface area contributed by atoms with Crippen molar-refractivity contribution in [1.82, 2.24) is 0 Å². The second kappa shape index (κ2) is 11.1. The maximum Gasteiger partial charge on any atom is 0.746 e. The predicted molar refractivity (Wildman–Crippen MR) is 88.9 cm³/mol. The van der Waals surface area contributed by atoms with Gasteiger partial charge in [0.2, 0.25) is 41.6 Å². The van der Waals surface area contributed by atoms with E-state index in [-0.39, 0.29) is 0 Å². The standard InChI is InChI=1S/H4O28S8Si/c1-29(2,3)21-33(13,14)25-37(26-34(15,16)22-30(4,5)6,27-35(17,18)23-31(7,8)9)28-36(19,20)24-32(10,11)12/h(H,1,2,3)(H,4,5,6)(H,7,8,9)(H,10,11,12)/p-4. The van der Waals surface area contributed by atoms with Gasteiger partial charge in [0.05, 0.1) is 0 Å². The SMILES string of the molecule is O=S(=O)([O-])OS(=O)(=O)O[Si](OS(=O)(=O)OS(=O)(=O)[O-])(OS(=O)(=O)OS(=O)(=O)[O-])OS(=O)(=O)OS(=O)(=O)[O-]. The van der Waals surface area contributed by atoms with E-state index in [4.69, 9.17) is 0 Å². The Hall–Kier alpha value is -0.663. The molecule has 0 aromatic carbocycles. The first-order valence-electron chi connectivity index (χ1n) is 6.15. The van der Waals surface area contributed by atoms with E-state index in [9.17, 15) is 85.6 Å². The van der Waals surface area contributed by atoms with Crippen LogP contribution >= 0.6 is 0 Å². The molecular formula is O28S8Si-4. The molecule has 0 saturated heterocycles. The third-order valence-corrected chi connectivity index (χ3v) is 13.3. The lowest BCUT2D eigenvalue weighted by atomic mass is 15.6. The molecule has 0 spiro atoms. The number of hydrogen-bond acceptors (Lipinski definition) is 28. The van der Waals surface area contributed by atoms with Gasteiger partial charge in [-0.3, -0.25) is 0 Å². The van der Waals surface area contributed by atoms with Crippen LogP contribution in [0.3, 0.4) is 0 Å². The minimum Gasteiger partial charge on any atom is -0.725 e. The van der Waals surface area contributed by atoms with Crippen molar-refractivity contribution in [2.24, 2.45) is 0 Å². The average Bonchev–Trinajstić information content (AvgIpc) is 2.29. The molecule has 0 saturated carbocycles. The second-order valence-electron chi connectivity index (χ2n) is 4.37. The van der Waals surface area contributed by atoms with E-state index in [1.807, 2.05) is 0 Å². The van der Waals surface area contributed by atoms with Gasteiger partial charge in [0.25, 0.3) is 0 Å². The summed E-state index contributed by atoms with van der Waals surface area (Å²) < 4.78 is 239. The molecule has 0 atom stereocenters. The lowest BCUT2D eigenvalue weighted by Gasteiger charge is -2.24. The highest BCUT2D eigenvalue weighted by Gasteiger charge is 2.64. The Kier molecular flexibility index (Phi) is 10.9. The highest BCUT2D eigenvalue weighted by Crippen LogP contribution is 2.27. The molecule has 0 aromatic heterocycles. The average molecular weight is 733 g/mol. The van der Waals surface area contributed by atoms with E-state index in [1.54, 1.807) is 0 Å². The van der Waals surface area contributed by atoms with Crippen molar-refractivity contribution < 1.29 is 116 Å². The van der Waals surface area contributed by atoms with Crippen LogP contribution in [0.5, 0.6) is 0 Å². The molecule has 0 amide bonds. The minimum absolute atomic E-state index is 2.54. The summed E-state index contributed by atoms with van der Waals surface area (Å²) in [6.07, 6.45) is 0. The smallest absolute Gasteiger partial charge is 0.725 e. The van der Waals surface area contributed by atoms with E-state index in [0.29, 0.717) is 0 Å². The Morgan fingerprint density at radius 3 is 0.568 bits per heavy atom. The van der Waals surface area contributed by atoms with Gasteiger partial charge in [-0.1, -0.05) is 0 Å². The third kappa shape index (κ3) is 17.5. The molecule has 0 unspecified atom stereocenters. The molecule has 0 aliphatic rings. The first-order chi connectivity index (χ1) is 15.7. The second-order valence-corrected chi connectivity index (χ2v) is 16.7. The van der Waals surface area contributed by atoms with Crippen LogP contribution in [0.15, 0.2) is 0 Å². The summed E-state index contributed by atoms with van der Waals surface area (Å²) in [6.45, 7) is 0. The van der Waals surface area contributed by atoms with Gasteiger partial charge < -0.3 is 18.2 Å². The van der Waals surface area contributed by atoms with E-state index in [2.05, 4.69) is 30.0 Å². The molecule has 28 nitrogen and oxygen atoms in total. The van der Waals surface area contributed by atoms with Gasteiger partial charge in [0.1, 0.15) is 0 Å². The molecule has 0 rings (SSSR count). The Labute approximate surface area is 207 Å². The Balaban J connectivity index is 7.41. The van der Waals surface area contributed by atoms with Crippen molar-refractivity contribution in [1.29, 1.82) is 0 Å². The van der Waals surface area contributed by atoms with Crippen LogP contribution in [0.2, 0.25) is 0 Å². The first kappa shape index (κ1) is 36.3. The van der Waals surface area contributed by atoms with Crippen molar-refractivity contribution in [3.8, 4) is 0 Å². The lowest BCUT2D eigenvalue weighted by molar-refractivity contribution is 0.145. The zero-order valence-electron chi connectivity index (χ0n) is 15.2. The van der Waals surface area contributed by atoms with E-state index >= 15 is 0 Å². The van der Waals surface area contributed by atoms with Gasteiger partial charge >= 0.3 is 50.6 Å². The van der Waals surface area contributed by atoms with Crippen molar-refractivity contribution >= 4 is 92.2 Å². The molecule has 0 aromatic rings. The highest BCUT2D eigenvalue weighted by atomic mass is 32.3. The van der Waals surface area contributed by atoms with Crippen LogP contribution in [0.4, 0.5) is 0 Å². The molecule has 37 heavy (non-hydrogen) atoms. The molecule has 0 heterocycles. The molecule has 0 radical (unpaired) electrons. The zero-order valence-corrected chi connectivity index (χ0v) is 22.7. The summed E-state index contributed by atoms with van der Waals surface area (Å²) in [4.78, 5) is 0. The summed E-state index contributed by atoms with van der Waals surface area (Å²) in [5.41, 5.74) is 0. The fraction of sp³-hybridized carbons (Fsp3) is 0. The van der Waals surface area contributed by atoms with Crippen LogP contribution in [0.25, 0.3) is 0 Å². The maximum absolute atomic E-state index is 11.5. The van der Waals surface area contributed by atoms with Gasteiger partial charge in [0, 0.05) is 0 Å². The van der Waals surface area contributed by atoms with Crippen LogP contribution in [-0.4, -0.2) is 94.6 Å². The van der Waals surface area contributed by atoms with Gasteiger partial charge in [-0.05, 0) is 0 Å². The molecule has 0 bridgehead atoms. The lowest BCUT2D eigenvalue weighted by Crippen LogP contribution is -2.55. The number of hydrogen-bond donors (Lipinski definition) is 0. The Morgan fingerprint density at radius 2 is 0.459 bits per heavy atom. The molecule has 0 aliphatic carbocycles. The van der Waals surface area contributed by atoms with Crippen LogP contribution in [0.1, 0.15) is 0 Å². The van der Waals surface area contributed by atoms with Gasteiger partial charge in [0.15, 0.2) is 0 Å². The van der Waals surface area contributed by atoms with Crippen molar-refractivity contribution in [2.75, 3.05) is 0 Å². The normalized spacial score (nSPS) is 15.5. The third-order valence-electron chi connectivity index (χ3n) is 1.48. The fourth-order valence-electron chi connectivity index (χ4n) is 1.05. The molecule has 224 valence electrons. The van der Waals surface area contributed by atoms with Crippen LogP contribution in [-0.2, 0) is 113 Å². The van der Waals surface area contributed by atoms with Gasteiger partial charge in [-0.25, -0.2) is 49.2 Å². The predicted octanol–water partition coefficient (Wildman–Crippen LogP) is -7.63. The Morgan fingerprint density at radius 1 is 0.324 bits per heavy atom. The van der Waals surface area contributed by atoms with E-state index in [1.165, 1.54) is 0 Å². The Bertz CT molecular complexity index is 1450. The quantitative estimate of drug-likeness (QED) is 0.0807. The minimum atomic E-state index is -8.20. The number of rotatable bonds is 16. The van der Waals surface area contributed by atoms with Crippen molar-refractivity contribution in [3.05, 3.63) is 0 Å². The first-order valence-corrected chi connectivity index (χ1v) is 18.4. The van der Waals surface area contributed by atoms with E-state index in [0.717, 1.165) is 0 Å². The zero-order chi connectivity index (χ0) is 30.2. The van der Waals surface area contributed by atoms with E-state index < -0.39 is 92.2 Å². The molecule has 0 N–H and O–H groups in total. The molecule has 0 fully saturated rings. The summed E-state index contributed by atoms with van der Waals surface area (Å²) in [6, 6.07) is 0. The molecule has 37 heteroatoms. The van der Waals surface area contributed by atoms with Crippen molar-refractivity contribution in [2.45, 2.75) is 0 Å². The van der Waals surface area contributed by atoms with Crippen LogP contribution in [0, 0.1) is 0 Å². The monoisotopic (exact) mass is 732 g/mol. The largest absolute Gasteiger partial charge is 0.746 e. The molecular weight excluding hydrogens is 733 g/mol. The summed E-state index contributed by atoms with van der Waals surface area (Å²) in [5, 5.41) is 0. The van der Waals surface area contributed by atoms with Crippen molar-refractivity contribution in [3.63, 3.8) is 0 Å². The van der Waals surface area contributed by atoms with Gasteiger partial charge in [-0.2, -0.15) is 33.7 Å². The summed E-state index contributed by atoms with van der Waals surface area (Å²) in [7, 11) is -63.2. The highest BCUT2D eigenvalue weighted by molar-refractivity contribution is 7.98. The molecule has 0 aliphatic heterocycles. The van der Waals surface area contributed by atoms with Crippen LogP contribution < -0.4 is 0 Å². The summed E-state index contributed by atoms with van der Waals surface area (Å²) >= 11 is 0. The van der Waals surface area contributed by atoms with Gasteiger partial charge in [-0.15, -0.1) is 14.5 Å². The topological polar surface area (TPSA) is 439 Å². The maximum atomic E-state index is 11.5. The fourth-order valence-corrected chi connectivity index (χ4v) is 11.9.